The lowest BCUT2D eigenvalue weighted by Crippen LogP contribution is -2.31. The first kappa shape index (κ1) is 47.7. The molecule has 0 aliphatic heterocycles. The van der Waals surface area contributed by atoms with E-state index in [1.807, 2.05) is 12.1 Å². The van der Waals surface area contributed by atoms with Gasteiger partial charge in [-0.2, -0.15) is 0 Å². The van der Waals surface area contributed by atoms with Gasteiger partial charge in [0.25, 0.3) is 5.91 Å². The number of aryl methyl sites for hydroxylation is 1. The van der Waals surface area contributed by atoms with Crippen LogP contribution in [0.3, 0.4) is 0 Å². The smallest absolute Gasteiger partial charge is 0.309 e. The molecule has 58 heavy (non-hydrogen) atoms. The summed E-state index contributed by atoms with van der Waals surface area (Å²) in [6, 6.07) is 12.0. The second-order valence-corrected chi connectivity index (χ2v) is 15.6. The number of nitrogens with zero attached hydrogens (tertiary/aromatic N) is 2. The summed E-state index contributed by atoms with van der Waals surface area (Å²) in [6.45, 7) is 9.82. The van der Waals surface area contributed by atoms with E-state index in [4.69, 9.17) is 23.7 Å². The second-order valence-electron chi connectivity index (χ2n) is 14.7. The lowest BCUT2D eigenvalue weighted by atomic mass is 9.72. The second kappa shape index (κ2) is 25.6. The van der Waals surface area contributed by atoms with Gasteiger partial charge in [0.1, 0.15) is 36.8 Å². The Morgan fingerprint density at radius 1 is 0.828 bits per heavy atom. The van der Waals surface area contributed by atoms with Crippen LogP contribution in [0.5, 0.6) is 11.5 Å². The van der Waals surface area contributed by atoms with Crippen molar-refractivity contribution in [1.82, 2.24) is 20.6 Å². The van der Waals surface area contributed by atoms with Gasteiger partial charge in [-0.05, 0) is 105 Å². The van der Waals surface area contributed by atoms with E-state index in [9.17, 15) is 28.7 Å². The summed E-state index contributed by atoms with van der Waals surface area (Å²) >= 11 is 1.28. The minimum absolute atomic E-state index is 0.0323. The summed E-state index contributed by atoms with van der Waals surface area (Å²) < 4.78 is 44.6. The Labute approximate surface area is 343 Å². The topological polar surface area (TPSA) is 197 Å². The highest BCUT2D eigenvalue weighted by atomic mass is 32.2. The SMILES string of the molecule is CC(C)(CCCCc1cc(Oc2ccc(SNc3ncc(C(=O)NCCOCCOCC(=O)NCCOCCOCC=O)cn3)cc2)ccc1F)CC(C)(C)C(=O)O. The third kappa shape index (κ3) is 19.2. The molecule has 0 saturated heterocycles. The molecule has 0 spiro atoms. The van der Waals surface area contributed by atoms with Crippen LogP contribution in [-0.4, -0.2) is 105 Å². The number of hydrogen-bond acceptors (Lipinski definition) is 13. The molecule has 17 heteroatoms. The number of hydrogen-bond donors (Lipinski definition) is 4. The molecule has 15 nitrogen and oxygen atoms in total. The molecule has 0 bridgehead atoms. The molecule has 3 rings (SSSR count). The number of ether oxygens (including phenoxy) is 5. The highest BCUT2D eigenvalue weighted by Gasteiger charge is 2.34. The zero-order valence-electron chi connectivity index (χ0n) is 33.7. The zero-order chi connectivity index (χ0) is 42.2. The van der Waals surface area contributed by atoms with Gasteiger partial charge in [0.15, 0.2) is 0 Å². The summed E-state index contributed by atoms with van der Waals surface area (Å²) in [6.07, 6.45) is 7.09. The maximum absolute atomic E-state index is 14.6. The summed E-state index contributed by atoms with van der Waals surface area (Å²) in [4.78, 5) is 55.2. The Hall–Kier alpha value is -4.68. The van der Waals surface area contributed by atoms with Crippen molar-refractivity contribution in [1.29, 1.82) is 0 Å². The molecular weight excluding hydrogens is 774 g/mol. The molecule has 1 aromatic heterocycles. The minimum Gasteiger partial charge on any atom is -0.481 e. The monoisotopic (exact) mass is 829 g/mol. The van der Waals surface area contributed by atoms with Crippen LogP contribution in [0.25, 0.3) is 0 Å². The molecule has 3 aromatic rings. The Morgan fingerprint density at radius 2 is 1.47 bits per heavy atom. The van der Waals surface area contributed by atoms with Crippen molar-refractivity contribution in [3.8, 4) is 11.5 Å². The van der Waals surface area contributed by atoms with E-state index in [0.29, 0.717) is 68.5 Å². The number of amides is 2. The molecule has 2 amide bonds. The molecule has 0 radical (unpaired) electrons. The van der Waals surface area contributed by atoms with E-state index in [-0.39, 0.29) is 68.2 Å². The predicted molar refractivity (Wildman–Crippen MR) is 216 cm³/mol. The van der Waals surface area contributed by atoms with E-state index >= 15 is 0 Å². The van der Waals surface area contributed by atoms with Crippen LogP contribution in [0.1, 0.15) is 69.3 Å². The predicted octanol–water partition coefficient (Wildman–Crippen LogP) is 5.88. The lowest BCUT2D eigenvalue weighted by molar-refractivity contribution is -0.148. The molecule has 0 aliphatic carbocycles. The van der Waals surface area contributed by atoms with Crippen LogP contribution < -0.4 is 20.1 Å². The minimum atomic E-state index is -0.801. The number of carboxylic acids is 1. The molecule has 4 N–H and O–H groups in total. The highest BCUT2D eigenvalue weighted by Crippen LogP contribution is 2.38. The molecule has 0 saturated carbocycles. The van der Waals surface area contributed by atoms with E-state index in [1.54, 1.807) is 38.1 Å². The van der Waals surface area contributed by atoms with Crippen molar-refractivity contribution in [3.63, 3.8) is 0 Å². The van der Waals surface area contributed by atoms with Gasteiger partial charge in [0.2, 0.25) is 11.9 Å². The standard InChI is InChI=1S/C41H56FN5O10S/c1-40(2,29-41(3,4)38(51)52)14-6-5-7-30-25-33(10-13-35(30)42)57-32-8-11-34(12-9-32)58-47-39-45-26-31(27-46-39)37(50)44-16-19-54-23-24-56-28-36(49)43-15-18-53-21-22-55-20-17-48/h8-13,17,25-27H,5-7,14-16,18-24,28-29H2,1-4H3,(H,43,49)(H,44,50)(H,51,52)(H,45,46,47). The number of anilines is 1. The van der Waals surface area contributed by atoms with E-state index in [0.717, 1.165) is 24.2 Å². The van der Waals surface area contributed by atoms with Gasteiger partial charge in [-0.1, -0.05) is 20.3 Å². The van der Waals surface area contributed by atoms with Gasteiger partial charge in [0, 0.05) is 30.4 Å². The number of benzene rings is 2. The third-order valence-corrected chi connectivity index (χ3v) is 9.36. The number of carboxylic acid groups (broad SMARTS) is 1. The molecule has 318 valence electrons. The van der Waals surface area contributed by atoms with Gasteiger partial charge in [-0.25, -0.2) is 14.4 Å². The van der Waals surface area contributed by atoms with Crippen LogP contribution in [0.15, 0.2) is 59.8 Å². The van der Waals surface area contributed by atoms with Crippen LogP contribution in [0.2, 0.25) is 0 Å². The van der Waals surface area contributed by atoms with Gasteiger partial charge < -0.3 is 44.2 Å². The van der Waals surface area contributed by atoms with Crippen molar-refractivity contribution in [2.45, 2.75) is 64.7 Å². The largest absolute Gasteiger partial charge is 0.481 e. The Balaban J connectivity index is 1.28. The van der Waals surface area contributed by atoms with Gasteiger partial charge in [-0.3, -0.25) is 19.1 Å². The quantitative estimate of drug-likeness (QED) is 0.0353. The molecular formula is C41H56FN5O10S. The fraction of sp³-hybridized carbons (Fsp3) is 0.512. The Morgan fingerprint density at radius 3 is 2.14 bits per heavy atom. The maximum atomic E-state index is 14.6. The van der Waals surface area contributed by atoms with Crippen LogP contribution >= 0.6 is 11.9 Å². The zero-order valence-corrected chi connectivity index (χ0v) is 34.5. The molecule has 1 heterocycles. The highest BCUT2D eigenvalue weighted by molar-refractivity contribution is 8.00. The van der Waals surface area contributed by atoms with Crippen LogP contribution in [-0.2, 0) is 39.8 Å². The summed E-state index contributed by atoms with van der Waals surface area (Å²) in [7, 11) is 0. The van der Waals surface area contributed by atoms with Gasteiger partial charge in [0.05, 0.1) is 50.6 Å². The first-order valence-corrected chi connectivity index (χ1v) is 19.9. The van der Waals surface area contributed by atoms with Crippen molar-refractivity contribution >= 4 is 42.0 Å². The van der Waals surface area contributed by atoms with Crippen molar-refractivity contribution in [2.75, 3.05) is 70.7 Å². The molecule has 0 atom stereocenters. The molecule has 0 aliphatic rings. The number of aromatic nitrogens is 2. The molecule has 2 aromatic carbocycles. The first-order chi connectivity index (χ1) is 27.8. The number of aliphatic carboxylic acids is 1. The molecule has 0 unspecified atom stereocenters. The van der Waals surface area contributed by atoms with Crippen LogP contribution in [0.4, 0.5) is 10.3 Å². The molecule has 0 fully saturated rings. The normalized spacial score (nSPS) is 11.5. The van der Waals surface area contributed by atoms with E-state index < -0.39 is 11.4 Å². The Kier molecular flexibility index (Phi) is 21.1. The fourth-order valence-electron chi connectivity index (χ4n) is 5.79. The van der Waals surface area contributed by atoms with Crippen molar-refractivity contribution < 1.29 is 52.4 Å². The average molecular weight is 830 g/mol. The van der Waals surface area contributed by atoms with E-state index in [2.05, 4.69) is 39.2 Å². The number of aldehydes is 1. The van der Waals surface area contributed by atoms with Crippen LogP contribution in [0, 0.1) is 16.6 Å². The summed E-state index contributed by atoms with van der Waals surface area (Å²) in [5.41, 5.74) is -0.0770. The third-order valence-electron chi connectivity index (χ3n) is 8.56. The van der Waals surface area contributed by atoms with E-state index in [1.165, 1.54) is 30.4 Å². The first-order valence-electron chi connectivity index (χ1n) is 19.1. The van der Waals surface area contributed by atoms with Crippen molar-refractivity contribution in [3.05, 3.63) is 71.8 Å². The number of carbonyl (C=O) groups excluding carboxylic acids is 3. The number of halogens is 1. The van der Waals surface area contributed by atoms with Gasteiger partial charge >= 0.3 is 5.97 Å². The van der Waals surface area contributed by atoms with Crippen molar-refractivity contribution in [2.24, 2.45) is 10.8 Å². The lowest BCUT2D eigenvalue weighted by Gasteiger charge is -2.32. The fourth-order valence-corrected chi connectivity index (χ4v) is 6.38. The number of carbonyl (C=O) groups is 4. The maximum Gasteiger partial charge on any atom is 0.309 e. The number of unbranched alkanes of at least 4 members (excludes halogenated alkanes) is 1. The van der Waals surface area contributed by atoms with Gasteiger partial charge in [-0.15, -0.1) is 0 Å². The average Bonchev–Trinajstić information content (AvgIpc) is 3.19. The summed E-state index contributed by atoms with van der Waals surface area (Å²) in [5, 5.41) is 14.9. The summed E-state index contributed by atoms with van der Waals surface area (Å²) in [5.74, 6) is -0.283. The number of nitrogens with one attached hydrogen (secondary N) is 3. The Bertz CT molecular complexity index is 1710. The number of rotatable bonds is 30.